The Morgan fingerprint density at radius 2 is 2.06 bits per heavy atom. The van der Waals surface area contributed by atoms with Crippen LogP contribution in [0.1, 0.15) is 23.2 Å². The SMILES string of the molecule is OC(CCc1cccs1)c1cc2ccccc2o1. The highest BCUT2D eigenvalue weighted by molar-refractivity contribution is 7.09. The van der Waals surface area contributed by atoms with Crippen molar-refractivity contribution in [2.24, 2.45) is 0 Å². The normalized spacial score (nSPS) is 12.9. The van der Waals surface area contributed by atoms with Gasteiger partial charge >= 0.3 is 0 Å². The predicted octanol–water partition coefficient (Wildman–Crippen LogP) is 4.16. The van der Waals surface area contributed by atoms with Crippen molar-refractivity contribution in [3.63, 3.8) is 0 Å². The number of hydrogen-bond acceptors (Lipinski definition) is 3. The molecule has 1 unspecified atom stereocenters. The molecule has 0 aliphatic carbocycles. The van der Waals surface area contributed by atoms with Gasteiger partial charge in [-0.15, -0.1) is 11.3 Å². The van der Waals surface area contributed by atoms with E-state index in [1.807, 2.05) is 36.4 Å². The van der Waals surface area contributed by atoms with Gasteiger partial charge in [-0.05, 0) is 36.4 Å². The predicted molar refractivity (Wildman–Crippen MR) is 73.8 cm³/mol. The van der Waals surface area contributed by atoms with Crippen molar-refractivity contribution in [2.75, 3.05) is 0 Å². The van der Waals surface area contributed by atoms with Gasteiger partial charge in [0.2, 0.25) is 0 Å². The Morgan fingerprint density at radius 3 is 2.83 bits per heavy atom. The van der Waals surface area contributed by atoms with Crippen LogP contribution in [-0.4, -0.2) is 5.11 Å². The molecule has 0 bridgehead atoms. The Labute approximate surface area is 109 Å². The van der Waals surface area contributed by atoms with E-state index in [9.17, 15) is 5.11 Å². The Morgan fingerprint density at radius 1 is 1.17 bits per heavy atom. The highest BCUT2D eigenvalue weighted by atomic mass is 32.1. The molecule has 2 heterocycles. The highest BCUT2D eigenvalue weighted by Crippen LogP contribution is 2.26. The summed E-state index contributed by atoms with van der Waals surface area (Å²) in [5.74, 6) is 0.660. The average Bonchev–Trinajstić information content (AvgIpc) is 3.04. The third kappa shape index (κ3) is 2.33. The molecule has 2 aromatic heterocycles. The summed E-state index contributed by atoms with van der Waals surface area (Å²) in [6, 6.07) is 13.9. The maximum atomic E-state index is 10.1. The summed E-state index contributed by atoms with van der Waals surface area (Å²) in [6.07, 6.45) is 1.05. The molecule has 0 aliphatic rings. The van der Waals surface area contributed by atoms with Crippen LogP contribution in [0.4, 0.5) is 0 Å². The molecule has 18 heavy (non-hydrogen) atoms. The molecule has 92 valence electrons. The number of benzene rings is 1. The number of hydrogen-bond donors (Lipinski definition) is 1. The molecule has 3 heteroatoms. The molecule has 1 aromatic carbocycles. The quantitative estimate of drug-likeness (QED) is 0.762. The first-order valence-corrected chi connectivity index (χ1v) is 6.90. The monoisotopic (exact) mass is 258 g/mol. The lowest BCUT2D eigenvalue weighted by Gasteiger charge is -2.05. The van der Waals surface area contributed by atoms with Crippen molar-refractivity contribution in [1.82, 2.24) is 0 Å². The lowest BCUT2D eigenvalue weighted by Crippen LogP contribution is -1.96. The molecule has 0 amide bonds. The largest absolute Gasteiger partial charge is 0.458 e. The van der Waals surface area contributed by atoms with E-state index in [0.29, 0.717) is 12.2 Å². The van der Waals surface area contributed by atoms with Crippen molar-refractivity contribution >= 4 is 22.3 Å². The fourth-order valence-electron chi connectivity index (χ4n) is 2.04. The average molecular weight is 258 g/mol. The van der Waals surface area contributed by atoms with E-state index in [1.54, 1.807) is 11.3 Å². The van der Waals surface area contributed by atoms with E-state index in [-0.39, 0.29) is 0 Å². The number of rotatable bonds is 4. The van der Waals surface area contributed by atoms with Gasteiger partial charge in [0.05, 0.1) is 0 Å². The van der Waals surface area contributed by atoms with E-state index in [1.165, 1.54) is 4.88 Å². The lowest BCUT2D eigenvalue weighted by molar-refractivity contribution is 0.143. The van der Waals surface area contributed by atoms with Gasteiger partial charge in [-0.2, -0.15) is 0 Å². The Kier molecular flexibility index (Phi) is 3.17. The minimum Gasteiger partial charge on any atom is -0.458 e. The van der Waals surface area contributed by atoms with Gasteiger partial charge in [-0.25, -0.2) is 0 Å². The molecule has 3 rings (SSSR count). The van der Waals surface area contributed by atoms with E-state index in [2.05, 4.69) is 11.4 Å². The molecule has 0 radical (unpaired) electrons. The molecule has 0 spiro atoms. The second-order valence-electron chi connectivity index (χ2n) is 4.32. The zero-order valence-electron chi connectivity index (χ0n) is 9.87. The highest BCUT2D eigenvalue weighted by Gasteiger charge is 2.13. The van der Waals surface area contributed by atoms with Crippen LogP contribution in [0, 0.1) is 0 Å². The van der Waals surface area contributed by atoms with Crippen molar-refractivity contribution in [3.8, 4) is 0 Å². The summed E-state index contributed by atoms with van der Waals surface area (Å²) in [4.78, 5) is 1.30. The van der Waals surface area contributed by atoms with Crippen molar-refractivity contribution in [3.05, 3.63) is 58.5 Å². The van der Waals surface area contributed by atoms with Gasteiger partial charge in [0.15, 0.2) is 0 Å². The Bertz CT molecular complexity index is 592. The van der Waals surface area contributed by atoms with Crippen LogP contribution in [0.3, 0.4) is 0 Å². The van der Waals surface area contributed by atoms with Gasteiger partial charge in [-0.1, -0.05) is 24.3 Å². The first kappa shape index (κ1) is 11.5. The number of aryl methyl sites for hydroxylation is 1. The molecule has 0 aliphatic heterocycles. The molecule has 0 fully saturated rings. The smallest absolute Gasteiger partial charge is 0.134 e. The number of fused-ring (bicyclic) bond motifs is 1. The Balaban J connectivity index is 1.73. The van der Waals surface area contributed by atoms with Crippen molar-refractivity contribution < 1.29 is 9.52 Å². The maximum Gasteiger partial charge on any atom is 0.134 e. The molecule has 1 atom stereocenters. The van der Waals surface area contributed by atoms with Crippen molar-refractivity contribution in [2.45, 2.75) is 18.9 Å². The number of thiophene rings is 1. The fourth-order valence-corrected chi connectivity index (χ4v) is 2.77. The molecule has 0 saturated carbocycles. The summed E-state index contributed by atoms with van der Waals surface area (Å²) in [7, 11) is 0. The first-order valence-electron chi connectivity index (χ1n) is 6.02. The van der Waals surface area contributed by atoms with Gasteiger partial charge in [0.25, 0.3) is 0 Å². The topological polar surface area (TPSA) is 33.4 Å². The van der Waals surface area contributed by atoms with Crippen LogP contribution < -0.4 is 0 Å². The van der Waals surface area contributed by atoms with E-state index < -0.39 is 6.10 Å². The molecule has 3 aromatic rings. The maximum absolute atomic E-state index is 10.1. The van der Waals surface area contributed by atoms with Crippen LogP contribution >= 0.6 is 11.3 Å². The van der Waals surface area contributed by atoms with E-state index in [0.717, 1.165) is 17.4 Å². The van der Waals surface area contributed by atoms with E-state index >= 15 is 0 Å². The number of para-hydroxylation sites is 1. The summed E-state index contributed by atoms with van der Waals surface area (Å²) >= 11 is 1.72. The molecule has 2 nitrogen and oxygen atoms in total. The second kappa shape index (κ2) is 4.96. The van der Waals surface area contributed by atoms with Crippen LogP contribution in [0.2, 0.25) is 0 Å². The number of furan rings is 1. The number of aliphatic hydroxyl groups is 1. The van der Waals surface area contributed by atoms with Gasteiger partial charge in [0.1, 0.15) is 17.4 Å². The summed E-state index contributed by atoms with van der Waals surface area (Å²) in [6.45, 7) is 0. The molecule has 0 saturated heterocycles. The van der Waals surface area contributed by atoms with Crippen LogP contribution in [-0.2, 0) is 6.42 Å². The lowest BCUT2D eigenvalue weighted by atomic mass is 10.1. The van der Waals surface area contributed by atoms with Gasteiger partial charge in [-0.3, -0.25) is 0 Å². The number of aliphatic hydroxyl groups excluding tert-OH is 1. The minimum atomic E-state index is -0.528. The standard InChI is InChI=1S/C15H14O2S/c16-13(8-7-12-5-3-9-18-12)15-10-11-4-1-2-6-14(11)17-15/h1-6,9-10,13,16H,7-8H2. The molecular formula is C15H14O2S. The van der Waals surface area contributed by atoms with Crippen LogP contribution in [0.15, 0.2) is 52.3 Å². The summed E-state index contributed by atoms with van der Waals surface area (Å²) < 4.78 is 5.65. The summed E-state index contributed by atoms with van der Waals surface area (Å²) in [5.41, 5.74) is 0.836. The molecule has 1 N–H and O–H groups in total. The van der Waals surface area contributed by atoms with Crippen molar-refractivity contribution in [1.29, 1.82) is 0 Å². The minimum absolute atomic E-state index is 0.528. The zero-order chi connectivity index (χ0) is 12.4. The first-order chi connectivity index (χ1) is 8.83. The Hall–Kier alpha value is -1.58. The van der Waals surface area contributed by atoms with Crippen LogP contribution in [0.25, 0.3) is 11.0 Å². The molecular weight excluding hydrogens is 244 g/mol. The second-order valence-corrected chi connectivity index (χ2v) is 5.35. The fraction of sp³-hybridized carbons (Fsp3) is 0.200. The summed E-state index contributed by atoms with van der Waals surface area (Å²) in [5, 5.41) is 13.2. The van der Waals surface area contributed by atoms with Gasteiger partial charge in [0, 0.05) is 10.3 Å². The van der Waals surface area contributed by atoms with Gasteiger partial charge < -0.3 is 9.52 Å². The third-order valence-electron chi connectivity index (χ3n) is 3.02. The zero-order valence-corrected chi connectivity index (χ0v) is 10.7. The van der Waals surface area contributed by atoms with Crippen LogP contribution in [0.5, 0.6) is 0 Å². The van der Waals surface area contributed by atoms with E-state index in [4.69, 9.17) is 4.42 Å². The third-order valence-corrected chi connectivity index (χ3v) is 3.95.